The van der Waals surface area contributed by atoms with Crippen LogP contribution in [0.15, 0.2) is 36.3 Å². The zero-order valence-electron chi connectivity index (χ0n) is 5.62. The van der Waals surface area contributed by atoms with Crippen molar-refractivity contribution in [3.05, 3.63) is 36.3 Å². The molecule has 0 radical (unpaired) electrons. The Hall–Kier alpha value is -1.22. The molecule has 0 aliphatic rings. The van der Waals surface area contributed by atoms with Crippen LogP contribution in [-0.4, -0.2) is 16.8 Å². The van der Waals surface area contributed by atoms with E-state index in [4.69, 9.17) is 15.9 Å². The molecule has 0 bridgehead atoms. The smallest absolute Gasteiger partial charge is 0.112 e. The molecule has 0 aliphatic heterocycles. The van der Waals surface area contributed by atoms with E-state index in [0.29, 0.717) is 0 Å². The van der Waals surface area contributed by atoms with Gasteiger partial charge in [0.15, 0.2) is 0 Å². The first kappa shape index (κ1) is 8.78. The minimum atomic E-state index is -0.100. The maximum Gasteiger partial charge on any atom is 0.112 e. The molecule has 0 aliphatic carbocycles. The fourth-order valence-electron chi connectivity index (χ4n) is 0.370. The van der Waals surface area contributed by atoms with E-state index in [2.05, 4.69) is 6.58 Å². The Kier molecular flexibility index (Phi) is 4.07. The Labute approximate surface area is 59.8 Å². The quantitative estimate of drug-likeness (QED) is 0.406. The lowest BCUT2D eigenvalue weighted by Crippen LogP contribution is -1.94. The third kappa shape index (κ3) is 4.93. The van der Waals surface area contributed by atoms with Gasteiger partial charge in [-0.3, -0.25) is 0 Å². The van der Waals surface area contributed by atoms with Crippen LogP contribution < -0.4 is 5.73 Å². The number of hydrogen-bond acceptors (Lipinski definition) is 3. The van der Waals surface area contributed by atoms with E-state index in [1.54, 1.807) is 0 Å². The normalized spacial score (nSPS) is 12.3. The Bertz CT molecular complexity index is 170. The summed E-state index contributed by atoms with van der Waals surface area (Å²) >= 11 is 0. The second-order valence-electron chi connectivity index (χ2n) is 1.69. The molecule has 0 atom stereocenters. The van der Waals surface area contributed by atoms with Gasteiger partial charge in [0.25, 0.3) is 0 Å². The zero-order chi connectivity index (χ0) is 7.98. The lowest BCUT2D eigenvalue weighted by molar-refractivity contribution is 0.422. The Morgan fingerprint density at radius 2 is 2.00 bits per heavy atom. The maximum atomic E-state index is 8.84. The van der Waals surface area contributed by atoms with Crippen LogP contribution in [0.3, 0.4) is 0 Å². The molecule has 0 rings (SSSR count). The molecule has 0 heterocycles. The molecule has 10 heavy (non-hydrogen) atoms. The van der Waals surface area contributed by atoms with Gasteiger partial charge in [-0.25, -0.2) is 0 Å². The highest BCUT2D eigenvalue weighted by Crippen LogP contribution is 1.92. The highest BCUT2D eigenvalue weighted by Gasteiger charge is 1.82. The number of aliphatic hydroxyl groups is 2. The summed E-state index contributed by atoms with van der Waals surface area (Å²) < 4.78 is 0. The predicted octanol–water partition coefficient (Wildman–Crippen LogP) is 1.01. The summed E-state index contributed by atoms with van der Waals surface area (Å²) in [4.78, 5) is 0. The van der Waals surface area contributed by atoms with Crippen LogP contribution in [0.5, 0.6) is 0 Å². The number of hydrogen-bond donors (Lipinski definition) is 3. The van der Waals surface area contributed by atoms with Crippen LogP contribution in [-0.2, 0) is 0 Å². The van der Waals surface area contributed by atoms with Crippen molar-refractivity contribution in [1.29, 1.82) is 0 Å². The van der Waals surface area contributed by atoms with Gasteiger partial charge in [0.1, 0.15) is 11.5 Å². The fourth-order valence-corrected chi connectivity index (χ4v) is 0.370. The predicted molar refractivity (Wildman–Crippen MR) is 40.7 cm³/mol. The van der Waals surface area contributed by atoms with E-state index in [1.807, 2.05) is 0 Å². The van der Waals surface area contributed by atoms with Crippen molar-refractivity contribution in [2.45, 2.75) is 0 Å². The lowest BCUT2D eigenvalue weighted by Gasteiger charge is -1.88. The van der Waals surface area contributed by atoms with Gasteiger partial charge in [-0.1, -0.05) is 6.58 Å². The summed E-state index contributed by atoms with van der Waals surface area (Å²) in [5.41, 5.74) is 5.08. The van der Waals surface area contributed by atoms with Gasteiger partial charge in [-0.2, -0.15) is 0 Å². The second kappa shape index (κ2) is 4.64. The average molecular weight is 141 g/mol. The van der Waals surface area contributed by atoms with Gasteiger partial charge >= 0.3 is 0 Å². The van der Waals surface area contributed by atoms with E-state index in [0.717, 1.165) is 0 Å². The highest BCUT2D eigenvalue weighted by atomic mass is 16.3. The third-order valence-electron chi connectivity index (χ3n) is 0.773. The van der Waals surface area contributed by atoms with Crippen molar-refractivity contribution in [2.24, 2.45) is 5.73 Å². The minimum Gasteiger partial charge on any atom is -0.509 e. The molecule has 0 saturated heterocycles. The Morgan fingerprint density at radius 1 is 1.40 bits per heavy atom. The first-order valence-electron chi connectivity index (χ1n) is 2.82. The zero-order valence-corrected chi connectivity index (χ0v) is 5.62. The number of allylic oxidation sites excluding steroid dienone is 2. The highest BCUT2D eigenvalue weighted by molar-refractivity contribution is 5.17. The van der Waals surface area contributed by atoms with Crippen molar-refractivity contribution < 1.29 is 10.2 Å². The molecule has 0 aromatic carbocycles. The summed E-state index contributed by atoms with van der Waals surface area (Å²) in [5, 5.41) is 17.4. The van der Waals surface area contributed by atoms with E-state index >= 15 is 0 Å². The summed E-state index contributed by atoms with van der Waals surface area (Å²) in [7, 11) is 0. The maximum absolute atomic E-state index is 8.84. The molecule has 56 valence electrons. The van der Waals surface area contributed by atoms with Crippen molar-refractivity contribution >= 4 is 0 Å². The molecule has 0 saturated carbocycles. The topological polar surface area (TPSA) is 66.5 Å². The van der Waals surface area contributed by atoms with E-state index in [1.165, 1.54) is 18.2 Å². The van der Waals surface area contributed by atoms with Crippen molar-refractivity contribution in [2.75, 3.05) is 6.54 Å². The van der Waals surface area contributed by atoms with Gasteiger partial charge in [0.05, 0.1) is 0 Å². The molecule has 0 aromatic heterocycles. The van der Waals surface area contributed by atoms with Gasteiger partial charge < -0.3 is 15.9 Å². The molecule has 4 N–H and O–H groups in total. The number of nitrogens with two attached hydrogens (primary N) is 1. The summed E-state index contributed by atoms with van der Waals surface area (Å²) in [5.74, 6) is -0.0744. The van der Waals surface area contributed by atoms with Crippen molar-refractivity contribution in [3.63, 3.8) is 0 Å². The average Bonchev–Trinajstić information content (AvgIpc) is 1.85. The van der Waals surface area contributed by atoms with Gasteiger partial charge in [-0.05, 0) is 18.2 Å². The van der Waals surface area contributed by atoms with Gasteiger partial charge in [-0.15, -0.1) is 0 Å². The molecule has 0 aromatic rings. The number of rotatable bonds is 3. The van der Waals surface area contributed by atoms with Crippen LogP contribution in [0, 0.1) is 0 Å². The first-order valence-corrected chi connectivity index (χ1v) is 2.82. The van der Waals surface area contributed by atoms with Crippen LogP contribution in [0.1, 0.15) is 0 Å². The summed E-state index contributed by atoms with van der Waals surface area (Å²) in [6.07, 6.45) is 4.01. The SMILES string of the molecule is C=C(O)/C=C\C(O)=C/CN. The summed E-state index contributed by atoms with van der Waals surface area (Å²) in [6, 6.07) is 0. The standard InChI is InChI=1S/C7H11NO2/c1-6(9)2-3-7(10)4-5-8/h2-4,9-10H,1,5,8H2/b3-2-,7-4+. The molecule has 0 amide bonds. The molecular weight excluding hydrogens is 130 g/mol. The Balaban J connectivity index is 3.89. The minimum absolute atomic E-state index is 0.0256. The third-order valence-corrected chi connectivity index (χ3v) is 0.773. The largest absolute Gasteiger partial charge is 0.509 e. The van der Waals surface area contributed by atoms with Crippen LogP contribution in [0.4, 0.5) is 0 Å². The van der Waals surface area contributed by atoms with E-state index in [-0.39, 0.29) is 18.1 Å². The van der Waals surface area contributed by atoms with Gasteiger partial charge in [0.2, 0.25) is 0 Å². The number of aliphatic hydroxyl groups excluding tert-OH is 2. The fraction of sp³-hybridized carbons (Fsp3) is 0.143. The van der Waals surface area contributed by atoms with Crippen LogP contribution in [0.25, 0.3) is 0 Å². The monoisotopic (exact) mass is 141 g/mol. The molecule has 0 fully saturated rings. The van der Waals surface area contributed by atoms with E-state index < -0.39 is 0 Å². The summed E-state index contributed by atoms with van der Waals surface area (Å²) in [6.45, 7) is 3.46. The molecule has 0 spiro atoms. The second-order valence-corrected chi connectivity index (χ2v) is 1.69. The lowest BCUT2D eigenvalue weighted by atomic mass is 10.4. The first-order chi connectivity index (χ1) is 4.66. The Morgan fingerprint density at radius 3 is 2.40 bits per heavy atom. The van der Waals surface area contributed by atoms with Crippen LogP contribution >= 0.6 is 0 Å². The van der Waals surface area contributed by atoms with Crippen LogP contribution in [0.2, 0.25) is 0 Å². The van der Waals surface area contributed by atoms with Crippen molar-refractivity contribution in [3.8, 4) is 0 Å². The molecule has 3 heteroatoms. The molecular formula is C7H11NO2. The molecule has 0 unspecified atom stereocenters. The van der Waals surface area contributed by atoms with E-state index in [9.17, 15) is 0 Å². The molecule has 3 nitrogen and oxygen atoms in total. The van der Waals surface area contributed by atoms with Crippen molar-refractivity contribution in [1.82, 2.24) is 0 Å². The van der Waals surface area contributed by atoms with Gasteiger partial charge in [0, 0.05) is 6.54 Å².